The van der Waals surface area contributed by atoms with Gasteiger partial charge in [0.25, 0.3) is 0 Å². The molecule has 0 radical (unpaired) electrons. The first kappa shape index (κ1) is 27.6. The first-order chi connectivity index (χ1) is 15.0. The van der Waals surface area contributed by atoms with Crippen LogP contribution in [0.25, 0.3) is 0 Å². The molecule has 1 heterocycles. The molecular formula is C20H40O10. The lowest BCUT2D eigenvalue weighted by molar-refractivity contribution is -0.0334. The van der Waals surface area contributed by atoms with Gasteiger partial charge in [-0.15, -0.1) is 0 Å². The van der Waals surface area contributed by atoms with Crippen molar-refractivity contribution in [3.05, 3.63) is 0 Å². The molecule has 1 aliphatic heterocycles. The van der Waals surface area contributed by atoms with Gasteiger partial charge in [-0.1, -0.05) is 0 Å². The highest BCUT2D eigenvalue weighted by Crippen LogP contribution is 1.87. The molecule has 10 nitrogen and oxygen atoms in total. The molecule has 0 amide bonds. The molecular weight excluding hydrogens is 400 g/mol. The van der Waals surface area contributed by atoms with Crippen molar-refractivity contribution >= 4 is 0 Å². The first-order valence-electron chi connectivity index (χ1n) is 10.8. The fourth-order valence-corrected chi connectivity index (χ4v) is 2.20. The minimum atomic E-state index is 0.537. The summed E-state index contributed by atoms with van der Waals surface area (Å²) in [6.07, 6.45) is 0. The van der Waals surface area contributed by atoms with Crippen LogP contribution in [0.15, 0.2) is 0 Å². The maximum absolute atomic E-state index is 5.43. The molecule has 1 aliphatic rings. The topological polar surface area (TPSA) is 92.3 Å². The van der Waals surface area contributed by atoms with Gasteiger partial charge in [-0.2, -0.15) is 0 Å². The Balaban J connectivity index is 2.00. The van der Waals surface area contributed by atoms with E-state index in [1.54, 1.807) is 0 Å². The van der Waals surface area contributed by atoms with Crippen molar-refractivity contribution < 1.29 is 47.4 Å². The van der Waals surface area contributed by atoms with Gasteiger partial charge in [-0.3, -0.25) is 0 Å². The summed E-state index contributed by atoms with van der Waals surface area (Å²) in [7, 11) is 0. The lowest BCUT2D eigenvalue weighted by atomic mass is 10.6. The normalized spacial score (nSPS) is 24.0. The van der Waals surface area contributed by atoms with E-state index in [1.165, 1.54) is 0 Å². The third kappa shape index (κ3) is 22.3. The number of hydrogen-bond acceptors (Lipinski definition) is 10. The van der Waals surface area contributed by atoms with Gasteiger partial charge in [-0.05, 0) is 0 Å². The maximum atomic E-state index is 5.43. The molecule has 0 bridgehead atoms. The van der Waals surface area contributed by atoms with E-state index >= 15 is 0 Å². The summed E-state index contributed by atoms with van der Waals surface area (Å²) in [5.74, 6) is 0. The van der Waals surface area contributed by atoms with Crippen molar-refractivity contribution in [1.82, 2.24) is 0 Å². The molecule has 0 unspecified atom stereocenters. The summed E-state index contributed by atoms with van der Waals surface area (Å²) >= 11 is 0. The Morgan fingerprint density at radius 1 is 0.133 bits per heavy atom. The zero-order valence-electron chi connectivity index (χ0n) is 18.2. The van der Waals surface area contributed by atoms with Crippen LogP contribution in [0.1, 0.15) is 0 Å². The Kier molecular flexibility index (Phi) is 22.9. The molecule has 1 saturated heterocycles. The van der Waals surface area contributed by atoms with Crippen molar-refractivity contribution in [2.75, 3.05) is 132 Å². The average molecular weight is 441 g/mol. The van der Waals surface area contributed by atoms with Crippen LogP contribution in [0.3, 0.4) is 0 Å². The Bertz CT molecular complexity index is 175. The molecule has 0 spiro atoms. The molecule has 0 aromatic carbocycles. The van der Waals surface area contributed by atoms with Crippen LogP contribution < -0.4 is 0 Å². The zero-order valence-corrected chi connectivity index (χ0v) is 18.2. The van der Waals surface area contributed by atoms with Crippen LogP contribution in [-0.4, -0.2) is 132 Å². The average Bonchev–Trinajstić information content (AvgIpc) is 2.76. The zero-order chi connectivity index (χ0) is 21.2. The van der Waals surface area contributed by atoms with Crippen LogP contribution in [0.2, 0.25) is 0 Å². The van der Waals surface area contributed by atoms with Crippen LogP contribution in [0.4, 0.5) is 0 Å². The predicted octanol–water partition coefficient (Wildman–Crippen LogP) is 0.166. The van der Waals surface area contributed by atoms with E-state index in [-0.39, 0.29) is 0 Å². The molecule has 180 valence electrons. The smallest absolute Gasteiger partial charge is 0.0701 e. The molecule has 0 atom stereocenters. The second-order valence-electron chi connectivity index (χ2n) is 6.12. The van der Waals surface area contributed by atoms with Gasteiger partial charge in [0.1, 0.15) is 0 Å². The van der Waals surface area contributed by atoms with Crippen LogP contribution in [0.5, 0.6) is 0 Å². The third-order valence-electron chi connectivity index (χ3n) is 3.72. The standard InChI is InChI=1S/C20H40O10/c1-2-22-5-6-24-9-10-26-13-14-28-17-18-30-20-19-29-16-15-27-12-11-25-8-7-23-4-3-21-1/h1-20H2. The van der Waals surface area contributed by atoms with Crippen molar-refractivity contribution in [3.8, 4) is 0 Å². The fourth-order valence-electron chi connectivity index (χ4n) is 2.20. The molecule has 0 aromatic heterocycles. The summed E-state index contributed by atoms with van der Waals surface area (Å²) in [4.78, 5) is 0. The fraction of sp³-hybridized carbons (Fsp3) is 1.00. The maximum Gasteiger partial charge on any atom is 0.0701 e. The summed E-state index contributed by atoms with van der Waals surface area (Å²) in [5.41, 5.74) is 0. The minimum absolute atomic E-state index is 0.537. The highest BCUT2D eigenvalue weighted by molar-refractivity contribution is 4.39. The molecule has 1 fully saturated rings. The molecule has 0 aliphatic carbocycles. The van der Waals surface area contributed by atoms with E-state index in [9.17, 15) is 0 Å². The van der Waals surface area contributed by atoms with E-state index in [1.807, 2.05) is 0 Å². The Morgan fingerprint density at radius 3 is 0.267 bits per heavy atom. The second kappa shape index (κ2) is 24.9. The first-order valence-corrected chi connectivity index (χ1v) is 10.8. The van der Waals surface area contributed by atoms with Gasteiger partial charge in [0, 0.05) is 0 Å². The quantitative estimate of drug-likeness (QED) is 0.519. The van der Waals surface area contributed by atoms with Crippen LogP contribution in [0, 0.1) is 0 Å². The molecule has 10 heteroatoms. The summed E-state index contributed by atoms with van der Waals surface area (Å²) < 4.78 is 54.3. The minimum Gasteiger partial charge on any atom is -0.377 e. The Hall–Kier alpha value is -0.400. The Labute approximate surface area is 180 Å². The highest BCUT2D eigenvalue weighted by atomic mass is 16.6. The molecule has 30 heavy (non-hydrogen) atoms. The highest BCUT2D eigenvalue weighted by Gasteiger charge is 1.96. The van der Waals surface area contributed by atoms with E-state index < -0.39 is 0 Å². The van der Waals surface area contributed by atoms with Crippen molar-refractivity contribution in [2.45, 2.75) is 0 Å². The van der Waals surface area contributed by atoms with Gasteiger partial charge >= 0.3 is 0 Å². The van der Waals surface area contributed by atoms with Crippen molar-refractivity contribution in [1.29, 1.82) is 0 Å². The SMILES string of the molecule is C1COCCOCCOCCOCCOCCOCCOCCOCCOCCO1. The molecule has 0 saturated carbocycles. The van der Waals surface area contributed by atoms with Gasteiger partial charge in [0.2, 0.25) is 0 Å². The van der Waals surface area contributed by atoms with E-state index in [2.05, 4.69) is 0 Å². The van der Waals surface area contributed by atoms with E-state index in [0.717, 1.165) is 0 Å². The van der Waals surface area contributed by atoms with Gasteiger partial charge in [0.05, 0.1) is 132 Å². The summed E-state index contributed by atoms with van der Waals surface area (Å²) in [5, 5.41) is 0. The summed E-state index contributed by atoms with van der Waals surface area (Å²) in [6, 6.07) is 0. The lowest BCUT2D eigenvalue weighted by Crippen LogP contribution is -2.16. The summed E-state index contributed by atoms with van der Waals surface area (Å²) in [6.45, 7) is 10.7. The molecule has 1 rings (SSSR count). The number of rotatable bonds is 0. The van der Waals surface area contributed by atoms with Gasteiger partial charge < -0.3 is 47.4 Å². The van der Waals surface area contributed by atoms with Crippen molar-refractivity contribution in [3.63, 3.8) is 0 Å². The van der Waals surface area contributed by atoms with E-state index in [0.29, 0.717) is 132 Å². The largest absolute Gasteiger partial charge is 0.377 e. The van der Waals surface area contributed by atoms with E-state index in [4.69, 9.17) is 47.4 Å². The molecule has 0 aromatic rings. The van der Waals surface area contributed by atoms with Gasteiger partial charge in [0.15, 0.2) is 0 Å². The van der Waals surface area contributed by atoms with Crippen molar-refractivity contribution in [2.24, 2.45) is 0 Å². The second-order valence-corrected chi connectivity index (χ2v) is 6.12. The molecule has 0 N–H and O–H groups in total. The predicted molar refractivity (Wildman–Crippen MR) is 108 cm³/mol. The van der Waals surface area contributed by atoms with Gasteiger partial charge in [-0.25, -0.2) is 0 Å². The Morgan fingerprint density at radius 2 is 0.200 bits per heavy atom. The monoisotopic (exact) mass is 440 g/mol. The van der Waals surface area contributed by atoms with Crippen LogP contribution in [-0.2, 0) is 47.4 Å². The van der Waals surface area contributed by atoms with Crippen LogP contribution >= 0.6 is 0 Å². The number of ether oxygens (including phenoxy) is 10. The lowest BCUT2D eigenvalue weighted by Gasteiger charge is -2.09. The third-order valence-corrected chi connectivity index (χ3v) is 3.72. The number of hydrogen-bond donors (Lipinski definition) is 0.